The average Bonchev–Trinajstić information content (AvgIpc) is 2.56. The van der Waals surface area contributed by atoms with Crippen molar-refractivity contribution in [1.82, 2.24) is 0 Å². The van der Waals surface area contributed by atoms with E-state index >= 15 is 0 Å². The van der Waals surface area contributed by atoms with Crippen molar-refractivity contribution in [2.45, 2.75) is 6.92 Å². The Bertz CT molecular complexity index is 709. The second kappa shape index (κ2) is 9.08. The van der Waals surface area contributed by atoms with Gasteiger partial charge in [0.15, 0.2) is 5.78 Å². The number of hydrogen-bond acceptors (Lipinski definition) is 6. The number of allylic oxidation sites excluding steroid dienone is 1. The lowest BCUT2D eigenvalue weighted by atomic mass is 10.2. The number of carbonyl (C=O) groups is 1. The fourth-order valence-corrected chi connectivity index (χ4v) is 3.39. The molecule has 128 valence electrons. The molecule has 0 aromatic heterocycles. The van der Waals surface area contributed by atoms with Crippen molar-refractivity contribution in [2.24, 2.45) is 0 Å². The Morgan fingerprint density at radius 3 is 2.33 bits per heavy atom. The van der Waals surface area contributed by atoms with Gasteiger partial charge in [-0.3, -0.25) is 19.5 Å². The molecular formula is C16H18NO6P. The Balaban J connectivity index is 3.36. The molecule has 1 aromatic rings. The fraction of sp³-hybridized carbons (Fsp3) is 0.188. The molecule has 0 unspecified atom stereocenters. The van der Waals surface area contributed by atoms with Crippen molar-refractivity contribution in [3.63, 3.8) is 0 Å². The molecule has 0 N–H and O–H groups in total. The SMILES string of the molecule is C=CCOP(=O)(OCC=C)C(=Cc1cccc([N+](=O)[O-])c1)C(C)=O. The minimum Gasteiger partial charge on any atom is -0.301 e. The van der Waals surface area contributed by atoms with Gasteiger partial charge < -0.3 is 9.05 Å². The highest BCUT2D eigenvalue weighted by Gasteiger charge is 2.33. The summed E-state index contributed by atoms with van der Waals surface area (Å²) < 4.78 is 23.3. The van der Waals surface area contributed by atoms with Crippen LogP contribution in [0.3, 0.4) is 0 Å². The van der Waals surface area contributed by atoms with Crippen LogP contribution in [0.15, 0.2) is 54.9 Å². The Morgan fingerprint density at radius 2 is 1.88 bits per heavy atom. The number of hydrogen-bond donors (Lipinski definition) is 0. The van der Waals surface area contributed by atoms with Crippen molar-refractivity contribution in [3.05, 3.63) is 70.6 Å². The first kappa shape index (κ1) is 19.7. The van der Waals surface area contributed by atoms with Gasteiger partial charge >= 0.3 is 7.60 Å². The lowest BCUT2D eigenvalue weighted by Crippen LogP contribution is -2.05. The summed E-state index contributed by atoms with van der Waals surface area (Å²) in [6.07, 6.45) is 4.01. The first-order valence-electron chi connectivity index (χ1n) is 6.92. The summed E-state index contributed by atoms with van der Waals surface area (Å²) in [5, 5.41) is 10.6. The number of nitrogens with zero attached hydrogens (tertiary/aromatic N) is 1. The molecule has 0 aliphatic carbocycles. The standard InChI is InChI=1S/C16H18NO6P/c1-4-9-22-24(21,23-10-5-2)16(13(3)18)12-14-7-6-8-15(11-14)17(19)20/h4-8,11-12H,1-2,9-10H2,3H3. The molecule has 1 aromatic carbocycles. The van der Waals surface area contributed by atoms with Gasteiger partial charge in [0.2, 0.25) is 0 Å². The number of nitro groups is 1. The van der Waals surface area contributed by atoms with Gasteiger partial charge in [-0.05, 0) is 18.6 Å². The van der Waals surface area contributed by atoms with Crippen molar-refractivity contribution in [3.8, 4) is 0 Å². The molecule has 8 heteroatoms. The summed E-state index contributed by atoms with van der Waals surface area (Å²) in [6, 6.07) is 5.57. The average molecular weight is 351 g/mol. The summed E-state index contributed by atoms with van der Waals surface area (Å²) in [5.41, 5.74) is 0.180. The van der Waals surface area contributed by atoms with Crippen LogP contribution in [0.4, 0.5) is 5.69 Å². The molecule has 0 radical (unpaired) electrons. The summed E-state index contributed by atoms with van der Waals surface area (Å²) in [5.74, 6) is -0.530. The molecule has 7 nitrogen and oxygen atoms in total. The Hall–Kier alpha value is -2.34. The van der Waals surface area contributed by atoms with Gasteiger partial charge in [-0.2, -0.15) is 0 Å². The van der Waals surface area contributed by atoms with E-state index in [4.69, 9.17) is 9.05 Å². The number of rotatable bonds is 10. The normalized spacial score (nSPS) is 11.8. The predicted molar refractivity (Wildman–Crippen MR) is 91.7 cm³/mol. The van der Waals surface area contributed by atoms with E-state index in [0.29, 0.717) is 5.56 Å². The summed E-state index contributed by atoms with van der Waals surface area (Å²) in [6.45, 7) is 7.96. The topological polar surface area (TPSA) is 95.7 Å². The van der Waals surface area contributed by atoms with Gasteiger partial charge in [-0.15, -0.1) is 13.2 Å². The second-order valence-corrected chi connectivity index (χ2v) is 6.60. The molecule has 0 atom stereocenters. The van der Waals surface area contributed by atoms with Gasteiger partial charge in [0, 0.05) is 12.1 Å². The van der Waals surface area contributed by atoms with Crippen molar-refractivity contribution < 1.29 is 23.3 Å². The van der Waals surface area contributed by atoms with Gasteiger partial charge in [0.05, 0.1) is 18.1 Å². The lowest BCUT2D eigenvalue weighted by Gasteiger charge is -2.18. The molecule has 0 spiro atoms. The van der Waals surface area contributed by atoms with Crippen LogP contribution < -0.4 is 0 Å². The van der Waals surface area contributed by atoms with Crippen LogP contribution in [-0.4, -0.2) is 23.9 Å². The summed E-state index contributed by atoms with van der Waals surface area (Å²) >= 11 is 0. The molecule has 0 saturated carbocycles. The van der Waals surface area contributed by atoms with Crippen molar-refractivity contribution in [2.75, 3.05) is 13.2 Å². The molecule has 0 fully saturated rings. The minimum absolute atomic E-state index is 0.0893. The largest absolute Gasteiger partial charge is 0.365 e. The van der Waals surface area contributed by atoms with Crippen LogP contribution in [0.5, 0.6) is 0 Å². The number of ketones is 1. The lowest BCUT2D eigenvalue weighted by molar-refractivity contribution is -0.384. The third-order valence-corrected chi connectivity index (χ3v) is 4.78. The molecule has 0 bridgehead atoms. The number of Topliss-reactive ketones (excluding diaryl/α,β-unsaturated/α-hetero) is 1. The van der Waals surface area contributed by atoms with E-state index in [1.807, 2.05) is 0 Å². The third kappa shape index (κ3) is 5.38. The van der Waals surface area contributed by atoms with Gasteiger partial charge in [0.1, 0.15) is 5.31 Å². The number of carbonyl (C=O) groups excluding carboxylic acids is 1. The zero-order valence-electron chi connectivity index (χ0n) is 13.2. The summed E-state index contributed by atoms with van der Waals surface area (Å²) in [4.78, 5) is 22.2. The molecule has 0 saturated heterocycles. The maximum absolute atomic E-state index is 12.9. The van der Waals surface area contributed by atoms with E-state index in [2.05, 4.69) is 13.2 Å². The quantitative estimate of drug-likeness (QED) is 0.207. The van der Waals surface area contributed by atoms with E-state index in [1.165, 1.54) is 43.4 Å². The molecule has 24 heavy (non-hydrogen) atoms. The van der Waals surface area contributed by atoms with E-state index in [-0.39, 0.29) is 24.2 Å². The maximum Gasteiger partial charge on any atom is 0.365 e. The smallest absolute Gasteiger partial charge is 0.301 e. The van der Waals surface area contributed by atoms with Crippen LogP contribution in [0.1, 0.15) is 12.5 Å². The molecule has 0 heterocycles. The molecule has 0 aliphatic heterocycles. The second-order valence-electron chi connectivity index (χ2n) is 4.60. The van der Waals surface area contributed by atoms with E-state index in [9.17, 15) is 19.5 Å². The molecular weight excluding hydrogens is 333 g/mol. The van der Waals surface area contributed by atoms with Crippen molar-refractivity contribution in [1.29, 1.82) is 0 Å². The van der Waals surface area contributed by atoms with Crippen LogP contribution in [0.25, 0.3) is 6.08 Å². The van der Waals surface area contributed by atoms with Gasteiger partial charge in [-0.25, -0.2) is 0 Å². The van der Waals surface area contributed by atoms with Crippen LogP contribution in [-0.2, 0) is 18.4 Å². The Kier molecular flexibility index (Phi) is 7.45. The van der Waals surface area contributed by atoms with E-state index in [1.54, 1.807) is 6.07 Å². The first-order chi connectivity index (χ1) is 11.3. The Morgan fingerprint density at radius 1 is 1.29 bits per heavy atom. The number of non-ortho nitro benzene ring substituents is 1. The van der Waals surface area contributed by atoms with Crippen LogP contribution >= 0.6 is 7.60 Å². The Labute approximate surface area is 140 Å². The monoisotopic (exact) mass is 351 g/mol. The predicted octanol–water partition coefficient (Wildman–Crippen LogP) is 4.12. The van der Waals surface area contributed by atoms with E-state index in [0.717, 1.165) is 0 Å². The molecule has 0 aliphatic rings. The van der Waals surface area contributed by atoms with Crippen molar-refractivity contribution >= 4 is 25.1 Å². The zero-order valence-corrected chi connectivity index (χ0v) is 14.1. The summed E-state index contributed by atoms with van der Waals surface area (Å²) in [7, 11) is -3.92. The first-order valence-corrected chi connectivity index (χ1v) is 8.47. The fourth-order valence-electron chi connectivity index (χ4n) is 1.74. The van der Waals surface area contributed by atoms with Crippen LogP contribution in [0.2, 0.25) is 0 Å². The van der Waals surface area contributed by atoms with Gasteiger partial charge in [0.25, 0.3) is 5.69 Å². The highest BCUT2D eigenvalue weighted by molar-refractivity contribution is 7.60. The molecule has 0 amide bonds. The van der Waals surface area contributed by atoms with Gasteiger partial charge in [-0.1, -0.05) is 24.3 Å². The highest BCUT2D eigenvalue weighted by Crippen LogP contribution is 2.57. The molecule has 1 rings (SSSR count). The van der Waals surface area contributed by atoms with E-state index < -0.39 is 18.3 Å². The van der Waals surface area contributed by atoms with Crippen LogP contribution in [0, 0.1) is 10.1 Å². The minimum atomic E-state index is -3.92. The number of nitro benzene ring substituents is 1. The third-order valence-electron chi connectivity index (χ3n) is 2.76. The highest BCUT2D eigenvalue weighted by atomic mass is 31.2. The zero-order chi connectivity index (χ0) is 18.2. The maximum atomic E-state index is 12.9. The number of benzene rings is 1.